The summed E-state index contributed by atoms with van der Waals surface area (Å²) in [4.78, 5) is 4.48. The van der Waals surface area contributed by atoms with Gasteiger partial charge in [-0.25, -0.2) is 0 Å². The zero-order valence-electron chi connectivity index (χ0n) is 13.5. The molecule has 0 N–H and O–H groups in total. The maximum atomic E-state index is 6.50. The summed E-state index contributed by atoms with van der Waals surface area (Å²) < 4.78 is 3.53. The third-order valence-corrected chi connectivity index (χ3v) is 7.32. The molecule has 24 heavy (non-hydrogen) atoms. The molecule has 3 aromatic rings. The second kappa shape index (κ2) is 7.75. The van der Waals surface area contributed by atoms with E-state index in [0.717, 1.165) is 17.1 Å². The molecular weight excluding hydrogens is 406 g/mol. The molecule has 2 nitrogen and oxygen atoms in total. The van der Waals surface area contributed by atoms with Gasteiger partial charge in [0.2, 0.25) is 0 Å². The summed E-state index contributed by atoms with van der Waals surface area (Å²) >= 11 is 12.8. The molecule has 0 saturated heterocycles. The van der Waals surface area contributed by atoms with Gasteiger partial charge < -0.3 is 0 Å². The standard InChI is InChI=1S/C19H18Cl2N2Se/c1-13-3-4-14(2)18(9-13)24-19(11-23-8-7-22-12-23)16-6-5-15(20)10-17(16)21/h3-10,12,19H,11H2,1-2H3. The fourth-order valence-corrected chi connectivity index (χ4v) is 6.15. The molecule has 0 spiro atoms. The van der Waals surface area contributed by atoms with Crippen LogP contribution in [0.1, 0.15) is 21.5 Å². The number of nitrogens with zero attached hydrogens (tertiary/aromatic N) is 2. The third kappa shape index (κ3) is 4.23. The Labute approximate surface area is 159 Å². The molecule has 0 aliphatic heterocycles. The molecule has 0 fully saturated rings. The van der Waals surface area contributed by atoms with E-state index in [1.54, 1.807) is 0 Å². The van der Waals surface area contributed by atoms with Crippen molar-refractivity contribution in [3.63, 3.8) is 0 Å². The van der Waals surface area contributed by atoms with E-state index in [1.807, 2.05) is 30.9 Å². The molecule has 0 aliphatic rings. The van der Waals surface area contributed by atoms with E-state index < -0.39 is 0 Å². The zero-order valence-corrected chi connectivity index (χ0v) is 16.8. The summed E-state index contributed by atoms with van der Waals surface area (Å²) in [7, 11) is 0. The predicted octanol–water partition coefficient (Wildman–Crippen LogP) is 4.58. The Balaban J connectivity index is 1.96. The van der Waals surface area contributed by atoms with Crippen molar-refractivity contribution >= 4 is 42.6 Å². The molecule has 0 saturated carbocycles. The molecule has 1 heterocycles. The predicted molar refractivity (Wildman–Crippen MR) is 103 cm³/mol. The van der Waals surface area contributed by atoms with Crippen LogP contribution in [0.2, 0.25) is 10.0 Å². The number of halogens is 2. The van der Waals surface area contributed by atoms with Crippen molar-refractivity contribution < 1.29 is 0 Å². The molecule has 0 radical (unpaired) electrons. The SMILES string of the molecule is Cc1ccc(C)c([Se]C(Cn2ccnc2)c2ccc(Cl)cc2Cl)c1. The molecule has 5 heteroatoms. The molecule has 0 bridgehead atoms. The summed E-state index contributed by atoms with van der Waals surface area (Å²) in [5, 5.41) is 1.41. The van der Waals surface area contributed by atoms with Gasteiger partial charge >= 0.3 is 159 Å². The maximum absolute atomic E-state index is 6.50. The zero-order chi connectivity index (χ0) is 17.1. The number of benzene rings is 2. The van der Waals surface area contributed by atoms with Crippen molar-refractivity contribution in [2.24, 2.45) is 0 Å². The van der Waals surface area contributed by atoms with Crippen molar-refractivity contribution in [3.05, 3.63) is 81.9 Å². The number of hydrogen-bond acceptors (Lipinski definition) is 1. The molecule has 1 aromatic heterocycles. The average molecular weight is 424 g/mol. The fourth-order valence-electron chi connectivity index (χ4n) is 2.54. The van der Waals surface area contributed by atoms with Crippen LogP contribution >= 0.6 is 23.2 Å². The van der Waals surface area contributed by atoms with Crippen molar-refractivity contribution in [1.29, 1.82) is 0 Å². The Kier molecular flexibility index (Phi) is 5.68. The van der Waals surface area contributed by atoms with Gasteiger partial charge in [0.15, 0.2) is 0 Å². The molecule has 2 aromatic carbocycles. The second-order valence-electron chi connectivity index (χ2n) is 5.80. The molecule has 1 atom stereocenters. The Morgan fingerprint density at radius 1 is 1.12 bits per heavy atom. The molecule has 124 valence electrons. The van der Waals surface area contributed by atoms with Crippen molar-refractivity contribution in [2.75, 3.05) is 0 Å². The van der Waals surface area contributed by atoms with Gasteiger partial charge in [-0.05, 0) is 0 Å². The first kappa shape index (κ1) is 17.6. The van der Waals surface area contributed by atoms with Gasteiger partial charge in [0.25, 0.3) is 0 Å². The summed E-state index contributed by atoms with van der Waals surface area (Å²) in [5.74, 6) is 0. The Morgan fingerprint density at radius 2 is 1.96 bits per heavy atom. The van der Waals surface area contributed by atoms with Crippen LogP contribution in [0.3, 0.4) is 0 Å². The Hall–Kier alpha value is -1.25. The summed E-state index contributed by atoms with van der Waals surface area (Å²) in [6, 6.07) is 12.5. The summed E-state index contributed by atoms with van der Waals surface area (Å²) in [6.07, 6.45) is 5.66. The van der Waals surface area contributed by atoms with E-state index in [4.69, 9.17) is 23.2 Å². The number of aryl methyl sites for hydroxylation is 2. The van der Waals surface area contributed by atoms with E-state index in [9.17, 15) is 0 Å². The van der Waals surface area contributed by atoms with E-state index in [2.05, 4.69) is 47.7 Å². The van der Waals surface area contributed by atoms with Gasteiger partial charge in [0, 0.05) is 0 Å². The fraction of sp³-hybridized carbons (Fsp3) is 0.211. The van der Waals surface area contributed by atoms with Gasteiger partial charge in [-0.1, -0.05) is 0 Å². The van der Waals surface area contributed by atoms with Crippen LogP contribution in [0, 0.1) is 13.8 Å². The minimum atomic E-state index is 0.248. The summed E-state index contributed by atoms with van der Waals surface area (Å²) in [6.45, 7) is 5.17. The monoisotopic (exact) mass is 424 g/mol. The van der Waals surface area contributed by atoms with Crippen molar-refractivity contribution in [1.82, 2.24) is 9.55 Å². The van der Waals surface area contributed by atoms with Crippen LogP contribution in [0.15, 0.2) is 55.1 Å². The van der Waals surface area contributed by atoms with Gasteiger partial charge in [-0.2, -0.15) is 0 Å². The third-order valence-electron chi connectivity index (χ3n) is 3.86. The first-order chi connectivity index (χ1) is 11.5. The second-order valence-corrected chi connectivity index (χ2v) is 9.26. The van der Waals surface area contributed by atoms with Crippen molar-refractivity contribution in [2.45, 2.75) is 25.2 Å². The van der Waals surface area contributed by atoms with Crippen molar-refractivity contribution in [3.8, 4) is 0 Å². The number of imidazole rings is 1. The average Bonchev–Trinajstić information content (AvgIpc) is 3.03. The van der Waals surface area contributed by atoms with Crippen LogP contribution in [0.4, 0.5) is 0 Å². The van der Waals surface area contributed by atoms with Gasteiger partial charge in [-0.15, -0.1) is 0 Å². The Morgan fingerprint density at radius 3 is 2.67 bits per heavy atom. The number of rotatable bonds is 5. The first-order valence-electron chi connectivity index (χ1n) is 7.67. The molecular formula is C19H18Cl2N2Se. The summed E-state index contributed by atoms with van der Waals surface area (Å²) in [5.41, 5.74) is 3.78. The molecule has 0 aliphatic carbocycles. The number of hydrogen-bond donors (Lipinski definition) is 0. The first-order valence-corrected chi connectivity index (χ1v) is 10.3. The normalized spacial score (nSPS) is 12.3. The van der Waals surface area contributed by atoms with E-state index in [0.29, 0.717) is 9.84 Å². The quantitative estimate of drug-likeness (QED) is 0.549. The Bertz CT molecular complexity index is 831. The molecule has 0 amide bonds. The van der Waals surface area contributed by atoms with E-state index in [1.165, 1.54) is 15.6 Å². The molecule has 3 rings (SSSR count). The molecule has 1 unspecified atom stereocenters. The van der Waals surface area contributed by atoms with Gasteiger partial charge in [-0.3, -0.25) is 0 Å². The van der Waals surface area contributed by atoms with Crippen LogP contribution in [-0.2, 0) is 6.54 Å². The van der Waals surface area contributed by atoms with E-state index >= 15 is 0 Å². The minimum absolute atomic E-state index is 0.248. The van der Waals surface area contributed by atoms with Crippen LogP contribution in [0.25, 0.3) is 0 Å². The van der Waals surface area contributed by atoms with E-state index in [-0.39, 0.29) is 15.0 Å². The topological polar surface area (TPSA) is 17.8 Å². The van der Waals surface area contributed by atoms with Gasteiger partial charge in [0.05, 0.1) is 0 Å². The van der Waals surface area contributed by atoms with Gasteiger partial charge in [0.1, 0.15) is 0 Å². The van der Waals surface area contributed by atoms with Crippen LogP contribution in [-0.4, -0.2) is 24.5 Å². The van der Waals surface area contributed by atoms with Crippen LogP contribution < -0.4 is 4.46 Å². The van der Waals surface area contributed by atoms with Crippen LogP contribution in [0.5, 0.6) is 0 Å². The number of aromatic nitrogens is 2.